The van der Waals surface area contributed by atoms with Gasteiger partial charge in [-0.25, -0.2) is 4.79 Å². The number of non-ortho nitro benzene ring substituents is 1. The topological polar surface area (TPSA) is 136 Å². The molecule has 0 saturated carbocycles. The van der Waals surface area contributed by atoms with Crippen LogP contribution in [0.3, 0.4) is 0 Å². The number of likely N-dealkylation sites (tertiary alicyclic amines) is 1. The summed E-state index contributed by atoms with van der Waals surface area (Å²) in [7, 11) is -1.92. The minimum atomic E-state index is -1.92. The fraction of sp³-hybridized carbons (Fsp3) is 0.250. The van der Waals surface area contributed by atoms with Gasteiger partial charge in [-0.2, -0.15) is 0 Å². The Balaban J connectivity index is 1.75. The van der Waals surface area contributed by atoms with E-state index in [2.05, 4.69) is 5.32 Å². The lowest BCUT2D eigenvalue weighted by Crippen LogP contribution is -2.68. The van der Waals surface area contributed by atoms with Crippen LogP contribution in [0.4, 0.5) is 5.69 Å². The summed E-state index contributed by atoms with van der Waals surface area (Å²) in [5.41, 5.74) is 0.391. The number of carbonyl (C=O) groups excluding carboxylic acids is 3. The Morgan fingerprint density at radius 1 is 1.23 bits per heavy atom. The van der Waals surface area contributed by atoms with Crippen LogP contribution >= 0.6 is 0 Å². The summed E-state index contributed by atoms with van der Waals surface area (Å²) in [6, 6.07) is 12.8. The number of nitro benzene ring substituents is 1. The Morgan fingerprint density at radius 3 is 2.42 bits per heavy atom. The monoisotopic (exact) mass is 445 g/mol. The zero-order valence-corrected chi connectivity index (χ0v) is 17.2. The second-order valence-corrected chi connectivity index (χ2v) is 8.25. The molecule has 2 amide bonds. The number of β-lactam (4-membered cyclic amide) rings is 1. The van der Waals surface area contributed by atoms with Crippen molar-refractivity contribution < 1.29 is 28.3 Å². The van der Waals surface area contributed by atoms with Crippen molar-refractivity contribution in [2.75, 3.05) is 6.54 Å². The predicted molar refractivity (Wildman–Crippen MR) is 109 cm³/mol. The van der Waals surface area contributed by atoms with E-state index in [9.17, 15) is 28.7 Å². The number of nitro groups is 1. The van der Waals surface area contributed by atoms with Crippen LogP contribution in [0.2, 0.25) is 0 Å². The Hall–Kier alpha value is -3.60. The van der Waals surface area contributed by atoms with Crippen LogP contribution in [0.25, 0.3) is 0 Å². The normalized spacial score (nSPS) is 17.3. The van der Waals surface area contributed by atoms with Gasteiger partial charge in [0.2, 0.25) is 17.2 Å². The summed E-state index contributed by atoms with van der Waals surface area (Å²) in [6.07, 6.45) is 0. The summed E-state index contributed by atoms with van der Waals surface area (Å²) >= 11 is 0. The predicted octanol–water partition coefficient (Wildman–Crippen LogP) is 1.12. The molecule has 3 atom stereocenters. The first-order valence-corrected chi connectivity index (χ1v) is 10.4. The highest BCUT2D eigenvalue weighted by molar-refractivity contribution is 7.86. The molecule has 2 unspecified atom stereocenters. The average molecular weight is 445 g/mol. The largest absolute Gasteiger partial charge is 0.459 e. The highest BCUT2D eigenvalue weighted by Gasteiger charge is 2.47. The molecule has 31 heavy (non-hydrogen) atoms. The van der Waals surface area contributed by atoms with Gasteiger partial charge in [0.1, 0.15) is 12.6 Å². The maximum absolute atomic E-state index is 13.1. The quantitative estimate of drug-likeness (QED) is 0.278. The molecule has 3 rings (SSSR count). The van der Waals surface area contributed by atoms with Crippen LogP contribution < -0.4 is 5.32 Å². The van der Waals surface area contributed by atoms with Gasteiger partial charge in [-0.05, 0) is 29.8 Å². The fourth-order valence-corrected chi connectivity index (χ4v) is 4.32. The zero-order valence-electron chi connectivity index (χ0n) is 16.4. The Kier molecular flexibility index (Phi) is 6.75. The van der Waals surface area contributed by atoms with E-state index in [1.165, 1.54) is 31.2 Å². The molecule has 1 heterocycles. The maximum atomic E-state index is 13.1. The van der Waals surface area contributed by atoms with Crippen molar-refractivity contribution in [3.63, 3.8) is 0 Å². The third kappa shape index (κ3) is 5.12. The van der Waals surface area contributed by atoms with Crippen LogP contribution in [0, 0.1) is 10.1 Å². The molecule has 0 radical (unpaired) electrons. The molecule has 0 aliphatic carbocycles. The van der Waals surface area contributed by atoms with Gasteiger partial charge < -0.3 is 15.0 Å². The van der Waals surface area contributed by atoms with Crippen LogP contribution in [-0.2, 0) is 36.5 Å². The summed E-state index contributed by atoms with van der Waals surface area (Å²) in [5, 5.41) is 11.8. The first kappa shape index (κ1) is 22.1. The van der Waals surface area contributed by atoms with Crippen molar-refractivity contribution >= 4 is 34.3 Å². The molecule has 2 aromatic rings. The lowest BCUT2D eigenvalue weighted by Gasteiger charge is -2.41. The molecule has 1 aliphatic heterocycles. The van der Waals surface area contributed by atoms with Crippen molar-refractivity contribution in [3.8, 4) is 0 Å². The summed E-state index contributed by atoms with van der Waals surface area (Å²) in [6.45, 7) is 1.08. The number of amides is 2. The third-order valence-corrected chi connectivity index (χ3v) is 6.12. The van der Waals surface area contributed by atoms with Gasteiger partial charge in [-0.15, -0.1) is 0 Å². The number of hydrogen-bond donors (Lipinski definition) is 1. The minimum Gasteiger partial charge on any atom is -0.459 e. The minimum absolute atomic E-state index is 0.0221. The first-order valence-electron chi connectivity index (χ1n) is 9.21. The number of benzene rings is 2. The SMILES string of the molecule is CC(=O)N[C@H]1CN(C(C(=O)OCc2ccc([N+](=O)[O-])cc2)S(=O)c2ccccc2)C1=O. The second kappa shape index (κ2) is 9.47. The molecule has 1 aliphatic rings. The van der Waals surface area contributed by atoms with E-state index < -0.39 is 39.0 Å². The van der Waals surface area contributed by atoms with Gasteiger partial charge in [0, 0.05) is 24.0 Å². The van der Waals surface area contributed by atoms with E-state index in [0.717, 1.165) is 4.90 Å². The third-order valence-electron chi connectivity index (χ3n) is 4.53. The number of carbonyl (C=O) groups is 3. The molecule has 2 aromatic carbocycles. The van der Waals surface area contributed by atoms with E-state index >= 15 is 0 Å². The molecule has 0 bridgehead atoms. The van der Waals surface area contributed by atoms with Gasteiger partial charge >= 0.3 is 5.97 Å². The molecule has 11 heteroatoms. The van der Waals surface area contributed by atoms with E-state index in [1.54, 1.807) is 30.3 Å². The molecule has 1 fully saturated rings. The molecule has 162 valence electrons. The second-order valence-electron chi connectivity index (χ2n) is 6.74. The van der Waals surface area contributed by atoms with Crippen molar-refractivity contribution in [1.29, 1.82) is 0 Å². The van der Waals surface area contributed by atoms with E-state index in [-0.39, 0.29) is 24.7 Å². The molecular formula is C20H19N3O7S. The molecule has 0 aromatic heterocycles. The van der Waals surface area contributed by atoms with Crippen molar-refractivity contribution in [2.24, 2.45) is 0 Å². The van der Waals surface area contributed by atoms with Gasteiger partial charge in [-0.1, -0.05) is 18.2 Å². The smallest absolute Gasteiger partial charge is 0.342 e. The number of rotatable bonds is 8. The highest BCUT2D eigenvalue weighted by atomic mass is 32.2. The number of esters is 1. The maximum Gasteiger partial charge on any atom is 0.342 e. The Bertz CT molecular complexity index is 1030. The van der Waals surface area contributed by atoms with Gasteiger partial charge in [0.25, 0.3) is 5.69 Å². The molecular weight excluding hydrogens is 426 g/mol. The van der Waals surface area contributed by atoms with Gasteiger partial charge in [0.15, 0.2) is 0 Å². The van der Waals surface area contributed by atoms with Crippen molar-refractivity contribution in [2.45, 2.75) is 29.8 Å². The number of nitrogens with zero attached hydrogens (tertiary/aromatic N) is 2. The van der Waals surface area contributed by atoms with Crippen LogP contribution in [0.5, 0.6) is 0 Å². The van der Waals surface area contributed by atoms with Crippen molar-refractivity contribution in [1.82, 2.24) is 10.2 Å². The molecule has 1 saturated heterocycles. The first-order chi connectivity index (χ1) is 14.8. The molecule has 1 N–H and O–H groups in total. The lowest BCUT2D eigenvalue weighted by molar-refractivity contribution is -0.384. The van der Waals surface area contributed by atoms with E-state index in [0.29, 0.717) is 10.5 Å². The number of nitrogens with one attached hydrogen (secondary N) is 1. The zero-order chi connectivity index (χ0) is 22.5. The van der Waals surface area contributed by atoms with Gasteiger partial charge in [0.05, 0.1) is 22.3 Å². The summed E-state index contributed by atoms with van der Waals surface area (Å²) in [4.78, 5) is 48.1. The Morgan fingerprint density at radius 2 is 1.87 bits per heavy atom. The fourth-order valence-electron chi connectivity index (χ4n) is 2.97. The molecule has 10 nitrogen and oxygen atoms in total. The van der Waals surface area contributed by atoms with E-state index in [1.807, 2.05) is 0 Å². The summed E-state index contributed by atoms with van der Waals surface area (Å²) in [5.74, 6) is -1.80. The van der Waals surface area contributed by atoms with Crippen LogP contribution in [0.1, 0.15) is 12.5 Å². The summed E-state index contributed by atoms with van der Waals surface area (Å²) < 4.78 is 18.4. The number of hydrogen-bond acceptors (Lipinski definition) is 7. The van der Waals surface area contributed by atoms with E-state index in [4.69, 9.17) is 4.74 Å². The molecule has 0 spiro atoms. The van der Waals surface area contributed by atoms with Crippen LogP contribution in [0.15, 0.2) is 59.5 Å². The van der Waals surface area contributed by atoms with Crippen molar-refractivity contribution in [3.05, 3.63) is 70.3 Å². The lowest BCUT2D eigenvalue weighted by atomic mass is 10.1. The average Bonchev–Trinajstić information content (AvgIpc) is 2.77. The standard InChI is InChI=1S/C20H19N3O7S/c1-13(24)21-17-11-22(18(17)25)19(31(29)16-5-3-2-4-6-16)20(26)30-12-14-7-9-15(10-8-14)23(27)28/h2-10,17,19H,11-12H2,1H3,(H,21,24)/t17-,19?,31?/m0/s1. The van der Waals surface area contributed by atoms with Gasteiger partial charge in [-0.3, -0.25) is 23.9 Å². The number of ether oxygens (including phenoxy) is 1. The highest BCUT2D eigenvalue weighted by Crippen LogP contribution is 2.23. The van der Waals surface area contributed by atoms with Crippen LogP contribution in [-0.4, -0.2) is 49.8 Å². The Labute approximate surface area is 179 Å².